The van der Waals surface area contributed by atoms with Crippen molar-refractivity contribution in [3.63, 3.8) is 0 Å². The summed E-state index contributed by atoms with van der Waals surface area (Å²) in [7, 11) is 0. The van der Waals surface area contributed by atoms with Gasteiger partial charge in [-0.1, -0.05) is 13.8 Å². The number of hydrogen-bond acceptors (Lipinski definition) is 3. The van der Waals surface area contributed by atoms with E-state index in [0.29, 0.717) is 6.04 Å². The lowest BCUT2D eigenvalue weighted by molar-refractivity contribution is -0.120. The van der Waals surface area contributed by atoms with Crippen LogP contribution in [0.4, 0.5) is 5.82 Å². The number of carbonyl (C=O) groups is 1. The van der Waals surface area contributed by atoms with E-state index >= 15 is 0 Å². The second-order valence-corrected chi connectivity index (χ2v) is 4.71. The van der Waals surface area contributed by atoms with Crippen LogP contribution in [0.5, 0.6) is 0 Å². The van der Waals surface area contributed by atoms with Gasteiger partial charge in [-0.05, 0) is 26.7 Å². The Balaban J connectivity index is 2.37. The van der Waals surface area contributed by atoms with E-state index in [4.69, 9.17) is 0 Å². The molecule has 0 radical (unpaired) electrons. The van der Waals surface area contributed by atoms with Crippen molar-refractivity contribution in [3.05, 3.63) is 12.3 Å². The SMILES string of the molecule is CCC(CC)NC(=O)CNc1ccn(C(C)C)n1. The number of carbonyl (C=O) groups excluding carboxylic acids is 1. The lowest BCUT2D eigenvalue weighted by atomic mass is 10.2. The number of amides is 1. The van der Waals surface area contributed by atoms with Gasteiger partial charge in [-0.3, -0.25) is 9.48 Å². The molecule has 0 saturated carbocycles. The van der Waals surface area contributed by atoms with Crippen molar-refractivity contribution >= 4 is 11.7 Å². The largest absolute Gasteiger partial charge is 0.360 e. The molecule has 0 bridgehead atoms. The average molecular weight is 252 g/mol. The first kappa shape index (κ1) is 14.5. The molecular formula is C13H24N4O. The zero-order valence-corrected chi connectivity index (χ0v) is 11.7. The van der Waals surface area contributed by atoms with Gasteiger partial charge in [-0.15, -0.1) is 0 Å². The summed E-state index contributed by atoms with van der Waals surface area (Å²) in [5, 5.41) is 10.3. The fourth-order valence-electron chi connectivity index (χ4n) is 1.66. The standard InChI is InChI=1S/C13H24N4O/c1-5-11(6-2)15-13(18)9-14-12-7-8-17(16-12)10(3)4/h7-8,10-11H,5-6,9H2,1-4H3,(H,14,16)(H,15,18). The van der Waals surface area contributed by atoms with Gasteiger partial charge in [-0.25, -0.2) is 0 Å². The quantitative estimate of drug-likeness (QED) is 0.782. The van der Waals surface area contributed by atoms with Crippen LogP contribution in [0.1, 0.15) is 46.6 Å². The van der Waals surface area contributed by atoms with Gasteiger partial charge >= 0.3 is 0 Å². The Kier molecular flexibility index (Phi) is 5.68. The van der Waals surface area contributed by atoms with Crippen molar-refractivity contribution in [2.24, 2.45) is 0 Å². The van der Waals surface area contributed by atoms with Crippen molar-refractivity contribution in [1.29, 1.82) is 0 Å². The number of nitrogens with one attached hydrogen (secondary N) is 2. The Labute approximate surface area is 109 Å². The van der Waals surface area contributed by atoms with E-state index in [0.717, 1.165) is 18.7 Å². The molecule has 0 fully saturated rings. The van der Waals surface area contributed by atoms with Crippen LogP contribution in [0.15, 0.2) is 12.3 Å². The van der Waals surface area contributed by atoms with Crippen LogP contribution >= 0.6 is 0 Å². The highest BCUT2D eigenvalue weighted by atomic mass is 16.2. The highest BCUT2D eigenvalue weighted by Gasteiger charge is 2.08. The van der Waals surface area contributed by atoms with E-state index in [1.807, 2.05) is 16.9 Å². The predicted molar refractivity (Wildman–Crippen MR) is 73.6 cm³/mol. The molecule has 1 rings (SSSR count). The predicted octanol–water partition coefficient (Wildman–Crippen LogP) is 2.18. The maximum absolute atomic E-state index is 11.7. The maximum atomic E-state index is 11.7. The Hall–Kier alpha value is -1.52. The molecule has 102 valence electrons. The summed E-state index contributed by atoms with van der Waals surface area (Å²) >= 11 is 0. The summed E-state index contributed by atoms with van der Waals surface area (Å²) in [6.07, 6.45) is 3.83. The molecule has 5 heteroatoms. The lowest BCUT2D eigenvalue weighted by Crippen LogP contribution is -2.37. The average Bonchev–Trinajstić information content (AvgIpc) is 2.82. The zero-order chi connectivity index (χ0) is 13.5. The topological polar surface area (TPSA) is 59.0 Å². The van der Waals surface area contributed by atoms with E-state index in [1.165, 1.54) is 0 Å². The van der Waals surface area contributed by atoms with Crippen LogP contribution in [0.2, 0.25) is 0 Å². The van der Waals surface area contributed by atoms with Crippen LogP contribution in [0, 0.1) is 0 Å². The van der Waals surface area contributed by atoms with E-state index in [2.05, 4.69) is 43.4 Å². The van der Waals surface area contributed by atoms with Crippen LogP contribution < -0.4 is 10.6 Å². The summed E-state index contributed by atoms with van der Waals surface area (Å²) in [6.45, 7) is 8.55. The van der Waals surface area contributed by atoms with E-state index in [1.54, 1.807) is 0 Å². The molecule has 1 heterocycles. The van der Waals surface area contributed by atoms with Crippen molar-refractivity contribution in [2.45, 2.75) is 52.6 Å². The molecule has 1 amide bonds. The Morgan fingerprint density at radius 1 is 1.39 bits per heavy atom. The lowest BCUT2D eigenvalue weighted by Gasteiger charge is -2.14. The number of aromatic nitrogens is 2. The Morgan fingerprint density at radius 3 is 2.56 bits per heavy atom. The third kappa shape index (κ3) is 4.39. The number of anilines is 1. The second-order valence-electron chi connectivity index (χ2n) is 4.71. The van der Waals surface area contributed by atoms with E-state index in [9.17, 15) is 4.79 Å². The molecule has 2 N–H and O–H groups in total. The minimum Gasteiger partial charge on any atom is -0.360 e. The highest BCUT2D eigenvalue weighted by Crippen LogP contribution is 2.07. The molecule has 0 spiro atoms. The summed E-state index contributed by atoms with van der Waals surface area (Å²) in [5.74, 6) is 0.756. The monoisotopic (exact) mass is 252 g/mol. The normalized spacial score (nSPS) is 11.0. The number of rotatable bonds is 7. The number of nitrogens with zero attached hydrogens (tertiary/aromatic N) is 2. The van der Waals surface area contributed by atoms with Crippen LogP contribution in [-0.4, -0.2) is 28.3 Å². The Bertz CT molecular complexity index is 369. The van der Waals surface area contributed by atoms with Crippen LogP contribution in [0.25, 0.3) is 0 Å². The van der Waals surface area contributed by atoms with E-state index < -0.39 is 0 Å². The Morgan fingerprint density at radius 2 is 2.06 bits per heavy atom. The molecule has 0 saturated heterocycles. The first-order chi connectivity index (χ1) is 8.56. The third-order valence-corrected chi connectivity index (χ3v) is 2.92. The summed E-state index contributed by atoms with van der Waals surface area (Å²) in [4.78, 5) is 11.7. The van der Waals surface area contributed by atoms with Gasteiger partial charge in [0.2, 0.25) is 5.91 Å². The van der Waals surface area contributed by atoms with Crippen molar-refractivity contribution in [2.75, 3.05) is 11.9 Å². The summed E-state index contributed by atoms with van der Waals surface area (Å²) in [6, 6.07) is 2.48. The van der Waals surface area contributed by atoms with Gasteiger partial charge in [0.25, 0.3) is 0 Å². The molecule has 5 nitrogen and oxygen atoms in total. The van der Waals surface area contributed by atoms with Gasteiger partial charge in [0, 0.05) is 24.3 Å². The zero-order valence-electron chi connectivity index (χ0n) is 11.7. The van der Waals surface area contributed by atoms with Crippen molar-refractivity contribution in [1.82, 2.24) is 15.1 Å². The fraction of sp³-hybridized carbons (Fsp3) is 0.692. The first-order valence-corrected chi connectivity index (χ1v) is 6.65. The summed E-state index contributed by atoms with van der Waals surface area (Å²) in [5.41, 5.74) is 0. The minimum absolute atomic E-state index is 0.0165. The molecule has 0 aliphatic heterocycles. The molecule has 1 aromatic heterocycles. The molecule has 0 atom stereocenters. The molecular weight excluding hydrogens is 228 g/mol. The minimum atomic E-state index is 0.0165. The molecule has 0 aromatic carbocycles. The molecule has 1 aromatic rings. The smallest absolute Gasteiger partial charge is 0.239 e. The van der Waals surface area contributed by atoms with Gasteiger partial charge in [0.15, 0.2) is 0 Å². The molecule has 18 heavy (non-hydrogen) atoms. The van der Waals surface area contributed by atoms with Crippen molar-refractivity contribution in [3.8, 4) is 0 Å². The third-order valence-electron chi connectivity index (χ3n) is 2.92. The fourth-order valence-corrected chi connectivity index (χ4v) is 1.66. The summed E-state index contributed by atoms with van der Waals surface area (Å²) < 4.78 is 1.86. The van der Waals surface area contributed by atoms with Crippen molar-refractivity contribution < 1.29 is 4.79 Å². The second kappa shape index (κ2) is 7.03. The number of hydrogen-bond donors (Lipinski definition) is 2. The van der Waals surface area contributed by atoms with Crippen LogP contribution in [0.3, 0.4) is 0 Å². The van der Waals surface area contributed by atoms with E-state index in [-0.39, 0.29) is 18.5 Å². The first-order valence-electron chi connectivity index (χ1n) is 6.65. The van der Waals surface area contributed by atoms with Gasteiger partial charge in [0.05, 0.1) is 6.54 Å². The van der Waals surface area contributed by atoms with Crippen LogP contribution in [-0.2, 0) is 4.79 Å². The maximum Gasteiger partial charge on any atom is 0.239 e. The van der Waals surface area contributed by atoms with Gasteiger partial charge in [0.1, 0.15) is 5.82 Å². The molecule has 0 aliphatic carbocycles. The van der Waals surface area contributed by atoms with Gasteiger partial charge < -0.3 is 10.6 Å². The van der Waals surface area contributed by atoms with Gasteiger partial charge in [-0.2, -0.15) is 5.10 Å². The highest BCUT2D eigenvalue weighted by molar-refractivity contribution is 5.80. The molecule has 0 aliphatic rings. The molecule has 0 unspecified atom stereocenters.